The Morgan fingerprint density at radius 3 is 2.41 bits per heavy atom. The van der Waals surface area contributed by atoms with Crippen LogP contribution in [-0.4, -0.2) is 48.2 Å². The molecule has 0 saturated heterocycles. The number of methoxy groups -OCH3 is 1. The van der Waals surface area contributed by atoms with Gasteiger partial charge in [0.2, 0.25) is 0 Å². The molecule has 32 heavy (non-hydrogen) atoms. The molecule has 2 atom stereocenters. The summed E-state index contributed by atoms with van der Waals surface area (Å²) in [6.45, 7) is 8.30. The highest BCUT2D eigenvalue weighted by molar-refractivity contribution is 5.67. The standard InChI is InChI=1S/C25H35N3O4/c1-25(2,3)32-24(30)27-14-8-13-26-21-12-7-11-18(15-21)22(23(29)31-4)28-16-19-9-5-6-10-20(19)17-28/h5-7,9-12,15,22-23,26,29H,8,13-14,16-17H2,1-4H3,(H,27,30)/t22-,23?/m0/s1. The van der Waals surface area contributed by atoms with Crippen molar-refractivity contribution in [3.8, 4) is 0 Å². The van der Waals surface area contributed by atoms with Crippen LogP contribution in [0.4, 0.5) is 10.5 Å². The maximum absolute atomic E-state index is 11.7. The lowest BCUT2D eigenvalue weighted by molar-refractivity contribution is -0.129. The van der Waals surface area contributed by atoms with Crippen molar-refractivity contribution in [2.24, 2.45) is 0 Å². The summed E-state index contributed by atoms with van der Waals surface area (Å²) in [5.41, 5.74) is 4.02. The molecule has 0 fully saturated rings. The predicted molar refractivity (Wildman–Crippen MR) is 125 cm³/mol. The number of anilines is 1. The third kappa shape index (κ3) is 6.69. The number of nitrogens with one attached hydrogen (secondary N) is 2. The molecule has 0 spiro atoms. The number of carbonyl (C=O) groups is 1. The minimum atomic E-state index is -0.933. The molecule has 7 heteroatoms. The molecule has 7 nitrogen and oxygen atoms in total. The highest BCUT2D eigenvalue weighted by Gasteiger charge is 2.32. The van der Waals surface area contributed by atoms with Crippen molar-refractivity contribution in [1.82, 2.24) is 10.2 Å². The van der Waals surface area contributed by atoms with Crippen LogP contribution in [0.1, 0.15) is 49.9 Å². The Bertz CT molecular complexity index is 872. The quantitative estimate of drug-likeness (QED) is 0.403. The number of aliphatic hydroxyl groups is 1. The molecule has 0 radical (unpaired) electrons. The Balaban J connectivity index is 1.57. The van der Waals surface area contributed by atoms with Gasteiger partial charge in [0, 0.05) is 39.0 Å². The molecule has 174 valence electrons. The van der Waals surface area contributed by atoms with E-state index in [1.54, 1.807) is 0 Å². The van der Waals surface area contributed by atoms with Gasteiger partial charge in [-0.05, 0) is 56.0 Å². The van der Waals surface area contributed by atoms with Gasteiger partial charge in [0.1, 0.15) is 5.60 Å². The number of alkyl carbamates (subject to hydrolysis) is 1. The zero-order valence-corrected chi connectivity index (χ0v) is 19.4. The first-order chi connectivity index (χ1) is 15.3. The number of amides is 1. The van der Waals surface area contributed by atoms with Crippen LogP contribution in [-0.2, 0) is 22.6 Å². The zero-order valence-electron chi connectivity index (χ0n) is 19.4. The van der Waals surface area contributed by atoms with E-state index in [-0.39, 0.29) is 6.04 Å². The van der Waals surface area contributed by atoms with Crippen LogP contribution < -0.4 is 10.6 Å². The number of hydrogen-bond acceptors (Lipinski definition) is 6. The van der Waals surface area contributed by atoms with Gasteiger partial charge < -0.3 is 25.2 Å². The summed E-state index contributed by atoms with van der Waals surface area (Å²) in [5, 5.41) is 16.8. The van der Waals surface area contributed by atoms with Crippen molar-refractivity contribution >= 4 is 11.8 Å². The number of nitrogens with zero attached hydrogens (tertiary/aromatic N) is 1. The molecule has 1 amide bonds. The summed E-state index contributed by atoms with van der Waals surface area (Å²) in [7, 11) is 1.53. The second-order valence-corrected chi connectivity index (χ2v) is 9.08. The Kier molecular flexibility index (Phi) is 8.12. The lowest BCUT2D eigenvalue weighted by atomic mass is 10.0. The molecule has 1 aliphatic rings. The van der Waals surface area contributed by atoms with E-state index in [9.17, 15) is 9.90 Å². The van der Waals surface area contributed by atoms with E-state index in [4.69, 9.17) is 9.47 Å². The maximum Gasteiger partial charge on any atom is 0.407 e. The molecule has 2 aromatic carbocycles. The highest BCUT2D eigenvalue weighted by Crippen LogP contribution is 2.34. The molecule has 0 saturated carbocycles. The van der Waals surface area contributed by atoms with Gasteiger partial charge in [-0.15, -0.1) is 0 Å². The first kappa shape index (κ1) is 24.0. The summed E-state index contributed by atoms with van der Waals surface area (Å²) in [6, 6.07) is 16.1. The first-order valence-corrected chi connectivity index (χ1v) is 11.1. The maximum atomic E-state index is 11.7. The van der Waals surface area contributed by atoms with Gasteiger partial charge in [-0.2, -0.15) is 0 Å². The molecule has 0 bridgehead atoms. The number of aliphatic hydroxyl groups excluding tert-OH is 1. The minimum absolute atomic E-state index is 0.275. The van der Waals surface area contributed by atoms with Gasteiger partial charge in [0.05, 0.1) is 6.04 Å². The number of benzene rings is 2. The van der Waals surface area contributed by atoms with Crippen LogP contribution >= 0.6 is 0 Å². The van der Waals surface area contributed by atoms with Crippen LogP contribution in [0.25, 0.3) is 0 Å². The molecule has 1 aliphatic heterocycles. The summed E-state index contributed by atoms with van der Waals surface area (Å²) >= 11 is 0. The Morgan fingerprint density at radius 1 is 1.09 bits per heavy atom. The van der Waals surface area contributed by atoms with Crippen molar-refractivity contribution in [3.05, 3.63) is 65.2 Å². The molecule has 0 aliphatic carbocycles. The van der Waals surface area contributed by atoms with Crippen LogP contribution in [0.3, 0.4) is 0 Å². The molecular weight excluding hydrogens is 406 g/mol. The van der Waals surface area contributed by atoms with Crippen molar-refractivity contribution in [1.29, 1.82) is 0 Å². The molecule has 1 unspecified atom stereocenters. The number of ether oxygens (including phenoxy) is 2. The van der Waals surface area contributed by atoms with Crippen molar-refractivity contribution < 1.29 is 19.4 Å². The monoisotopic (exact) mass is 441 g/mol. The van der Waals surface area contributed by atoms with Gasteiger partial charge in [0.25, 0.3) is 0 Å². The van der Waals surface area contributed by atoms with Crippen molar-refractivity contribution in [2.45, 2.75) is 58.2 Å². The van der Waals surface area contributed by atoms with Crippen molar-refractivity contribution in [3.63, 3.8) is 0 Å². The fourth-order valence-corrected chi connectivity index (χ4v) is 3.90. The summed E-state index contributed by atoms with van der Waals surface area (Å²) in [4.78, 5) is 14.0. The number of fused-ring (bicyclic) bond motifs is 1. The van der Waals surface area contributed by atoms with E-state index in [1.165, 1.54) is 18.2 Å². The number of carbonyl (C=O) groups excluding carboxylic acids is 1. The summed E-state index contributed by atoms with van der Waals surface area (Å²) in [5.74, 6) is 0. The molecule has 2 aromatic rings. The number of rotatable bonds is 9. The SMILES string of the molecule is COC(O)[C@H](c1cccc(NCCCNC(=O)OC(C)(C)C)c1)N1Cc2ccccc2C1. The van der Waals surface area contributed by atoms with E-state index < -0.39 is 18.0 Å². The van der Waals surface area contributed by atoms with E-state index in [1.807, 2.05) is 51.1 Å². The van der Waals surface area contributed by atoms with E-state index in [0.29, 0.717) is 13.1 Å². The van der Waals surface area contributed by atoms with Gasteiger partial charge in [-0.25, -0.2) is 4.79 Å². The van der Waals surface area contributed by atoms with Crippen molar-refractivity contribution in [2.75, 3.05) is 25.5 Å². The average molecular weight is 442 g/mol. The third-order valence-corrected chi connectivity index (χ3v) is 5.35. The van der Waals surface area contributed by atoms with E-state index in [0.717, 1.165) is 30.8 Å². The topological polar surface area (TPSA) is 83.1 Å². The smallest absolute Gasteiger partial charge is 0.407 e. The number of hydrogen-bond donors (Lipinski definition) is 3. The normalized spacial score (nSPS) is 15.7. The molecular formula is C25H35N3O4. The lowest BCUT2D eigenvalue weighted by Crippen LogP contribution is -2.34. The fourth-order valence-electron chi connectivity index (χ4n) is 3.90. The van der Waals surface area contributed by atoms with Crippen LogP contribution in [0, 0.1) is 0 Å². The van der Waals surface area contributed by atoms with Crippen LogP contribution in [0.15, 0.2) is 48.5 Å². The highest BCUT2D eigenvalue weighted by atomic mass is 16.6. The molecule has 3 rings (SSSR count). The predicted octanol–water partition coefficient (Wildman–Crippen LogP) is 4.04. The average Bonchev–Trinajstić information content (AvgIpc) is 3.16. The van der Waals surface area contributed by atoms with Crippen LogP contribution in [0.5, 0.6) is 0 Å². The lowest BCUT2D eigenvalue weighted by Gasteiger charge is -2.31. The third-order valence-electron chi connectivity index (χ3n) is 5.35. The minimum Gasteiger partial charge on any atom is -0.444 e. The summed E-state index contributed by atoms with van der Waals surface area (Å²) in [6.07, 6.45) is -0.574. The fraction of sp³-hybridized carbons (Fsp3) is 0.480. The second kappa shape index (κ2) is 10.8. The van der Waals surface area contributed by atoms with E-state index in [2.05, 4.69) is 33.7 Å². The molecule has 3 N–H and O–H groups in total. The molecule has 0 aromatic heterocycles. The van der Waals surface area contributed by atoms with E-state index >= 15 is 0 Å². The van der Waals surface area contributed by atoms with Gasteiger partial charge >= 0.3 is 6.09 Å². The Labute approximate surface area is 190 Å². The largest absolute Gasteiger partial charge is 0.444 e. The van der Waals surface area contributed by atoms with Gasteiger partial charge in [0.15, 0.2) is 6.29 Å². The summed E-state index contributed by atoms with van der Waals surface area (Å²) < 4.78 is 10.6. The van der Waals surface area contributed by atoms with Gasteiger partial charge in [-0.3, -0.25) is 4.90 Å². The van der Waals surface area contributed by atoms with Gasteiger partial charge in [-0.1, -0.05) is 36.4 Å². The Hall–Kier alpha value is -2.61. The molecule has 1 heterocycles. The second-order valence-electron chi connectivity index (χ2n) is 9.08. The van der Waals surface area contributed by atoms with Crippen LogP contribution in [0.2, 0.25) is 0 Å². The Morgan fingerprint density at radius 2 is 1.78 bits per heavy atom. The first-order valence-electron chi connectivity index (χ1n) is 11.1. The zero-order chi connectivity index (χ0) is 23.1.